The standard InChI is InChI=1S/C18H22N2O4/c19-10-13-3-1-2-4-15(13)20-17(21)11-23-14-7-5-12-6-8-18(22)24-16(12)9-14/h5-9,13,15H,1-4,10-11,19H2,(H,20,21). The molecule has 6 nitrogen and oxygen atoms in total. The third-order valence-corrected chi connectivity index (χ3v) is 4.52. The molecule has 2 atom stereocenters. The topological polar surface area (TPSA) is 94.6 Å². The van der Waals surface area contributed by atoms with Crippen molar-refractivity contribution in [3.8, 4) is 5.75 Å². The summed E-state index contributed by atoms with van der Waals surface area (Å²) in [5.41, 5.74) is 5.81. The Bertz CT molecular complexity index is 771. The molecule has 1 aromatic carbocycles. The van der Waals surface area contributed by atoms with E-state index >= 15 is 0 Å². The minimum Gasteiger partial charge on any atom is -0.484 e. The fraction of sp³-hybridized carbons (Fsp3) is 0.444. The SMILES string of the molecule is NCC1CCCCC1NC(=O)COc1ccc2ccc(=O)oc2c1. The van der Waals surface area contributed by atoms with Crippen LogP contribution in [-0.2, 0) is 4.79 Å². The normalized spacial score (nSPS) is 20.7. The summed E-state index contributed by atoms with van der Waals surface area (Å²) in [4.78, 5) is 23.4. The summed E-state index contributed by atoms with van der Waals surface area (Å²) < 4.78 is 10.6. The van der Waals surface area contributed by atoms with Gasteiger partial charge in [0.15, 0.2) is 6.61 Å². The van der Waals surface area contributed by atoms with Crippen LogP contribution in [0.3, 0.4) is 0 Å². The molecule has 2 unspecified atom stereocenters. The Kier molecular flexibility index (Phi) is 5.15. The zero-order chi connectivity index (χ0) is 16.9. The molecule has 0 spiro atoms. The molecular weight excluding hydrogens is 308 g/mol. The van der Waals surface area contributed by atoms with Gasteiger partial charge in [-0.1, -0.05) is 12.8 Å². The largest absolute Gasteiger partial charge is 0.484 e. The van der Waals surface area contributed by atoms with Gasteiger partial charge in [0.2, 0.25) is 0 Å². The van der Waals surface area contributed by atoms with Gasteiger partial charge in [0, 0.05) is 23.6 Å². The van der Waals surface area contributed by atoms with Crippen molar-refractivity contribution in [2.75, 3.05) is 13.2 Å². The van der Waals surface area contributed by atoms with Crippen molar-refractivity contribution < 1.29 is 13.9 Å². The number of carbonyl (C=O) groups is 1. The first-order chi connectivity index (χ1) is 11.7. The Hall–Kier alpha value is -2.34. The fourth-order valence-electron chi connectivity index (χ4n) is 3.21. The van der Waals surface area contributed by atoms with Crippen LogP contribution in [0.15, 0.2) is 39.5 Å². The highest BCUT2D eigenvalue weighted by Gasteiger charge is 2.25. The summed E-state index contributed by atoms with van der Waals surface area (Å²) in [7, 11) is 0. The van der Waals surface area contributed by atoms with E-state index in [1.165, 1.54) is 12.5 Å². The average molecular weight is 330 g/mol. The quantitative estimate of drug-likeness (QED) is 0.815. The van der Waals surface area contributed by atoms with Crippen molar-refractivity contribution in [2.24, 2.45) is 11.7 Å². The van der Waals surface area contributed by atoms with Gasteiger partial charge >= 0.3 is 5.63 Å². The summed E-state index contributed by atoms with van der Waals surface area (Å²) in [5, 5.41) is 3.82. The van der Waals surface area contributed by atoms with E-state index in [0.29, 0.717) is 23.8 Å². The summed E-state index contributed by atoms with van der Waals surface area (Å²) in [6, 6.07) is 8.35. The number of hydrogen-bond donors (Lipinski definition) is 2. The fourth-order valence-corrected chi connectivity index (χ4v) is 3.21. The number of ether oxygens (including phenoxy) is 1. The van der Waals surface area contributed by atoms with Crippen LogP contribution in [0.2, 0.25) is 0 Å². The lowest BCUT2D eigenvalue weighted by molar-refractivity contribution is -0.124. The first-order valence-electron chi connectivity index (χ1n) is 8.32. The average Bonchev–Trinajstić information content (AvgIpc) is 2.60. The number of fused-ring (bicyclic) bond motifs is 1. The lowest BCUT2D eigenvalue weighted by Crippen LogP contribution is -2.46. The second-order valence-corrected chi connectivity index (χ2v) is 6.20. The van der Waals surface area contributed by atoms with Gasteiger partial charge in [0.25, 0.3) is 5.91 Å². The molecule has 1 saturated carbocycles. The van der Waals surface area contributed by atoms with E-state index < -0.39 is 5.63 Å². The van der Waals surface area contributed by atoms with Crippen LogP contribution in [-0.4, -0.2) is 25.1 Å². The van der Waals surface area contributed by atoms with Gasteiger partial charge in [0.1, 0.15) is 11.3 Å². The monoisotopic (exact) mass is 330 g/mol. The van der Waals surface area contributed by atoms with E-state index in [1.807, 2.05) is 0 Å². The van der Waals surface area contributed by atoms with Gasteiger partial charge in [-0.15, -0.1) is 0 Å². The van der Waals surface area contributed by atoms with Crippen LogP contribution in [0.1, 0.15) is 25.7 Å². The highest BCUT2D eigenvalue weighted by molar-refractivity contribution is 5.79. The summed E-state index contributed by atoms with van der Waals surface area (Å²) in [5.74, 6) is 0.679. The summed E-state index contributed by atoms with van der Waals surface area (Å²) >= 11 is 0. The summed E-state index contributed by atoms with van der Waals surface area (Å²) in [6.07, 6.45) is 4.32. The molecule has 0 aliphatic heterocycles. The highest BCUT2D eigenvalue weighted by atomic mass is 16.5. The molecule has 1 aliphatic carbocycles. The number of carbonyl (C=O) groups excluding carboxylic acids is 1. The second kappa shape index (κ2) is 7.49. The molecule has 1 aromatic heterocycles. The smallest absolute Gasteiger partial charge is 0.336 e. The molecule has 1 heterocycles. The first kappa shape index (κ1) is 16.5. The minimum atomic E-state index is -0.414. The Morgan fingerprint density at radius 1 is 1.25 bits per heavy atom. The van der Waals surface area contributed by atoms with Crippen molar-refractivity contribution in [1.29, 1.82) is 0 Å². The van der Waals surface area contributed by atoms with Gasteiger partial charge in [0.05, 0.1) is 0 Å². The van der Waals surface area contributed by atoms with Crippen LogP contribution in [0.25, 0.3) is 11.0 Å². The first-order valence-corrected chi connectivity index (χ1v) is 8.32. The zero-order valence-electron chi connectivity index (χ0n) is 13.5. The number of nitrogens with two attached hydrogens (primary N) is 1. The summed E-state index contributed by atoms with van der Waals surface area (Å²) in [6.45, 7) is 0.520. The zero-order valence-corrected chi connectivity index (χ0v) is 13.5. The molecule has 1 amide bonds. The maximum Gasteiger partial charge on any atom is 0.336 e. The van der Waals surface area contributed by atoms with Crippen LogP contribution < -0.4 is 21.4 Å². The van der Waals surface area contributed by atoms with Crippen molar-refractivity contribution in [3.63, 3.8) is 0 Å². The number of amides is 1. The Morgan fingerprint density at radius 3 is 2.88 bits per heavy atom. The maximum atomic E-state index is 12.1. The Labute approximate surface area is 140 Å². The molecule has 0 bridgehead atoms. The van der Waals surface area contributed by atoms with E-state index in [2.05, 4.69) is 5.32 Å². The molecule has 1 fully saturated rings. The van der Waals surface area contributed by atoms with Crippen molar-refractivity contribution in [2.45, 2.75) is 31.7 Å². The molecular formula is C18H22N2O4. The Balaban J connectivity index is 1.58. The number of rotatable bonds is 5. The third-order valence-electron chi connectivity index (χ3n) is 4.52. The molecule has 3 N–H and O–H groups in total. The van der Waals surface area contributed by atoms with E-state index in [0.717, 1.165) is 24.6 Å². The molecule has 6 heteroatoms. The number of benzene rings is 1. The molecule has 2 aromatic rings. The lowest BCUT2D eigenvalue weighted by Gasteiger charge is -2.31. The van der Waals surface area contributed by atoms with Gasteiger partial charge in [-0.2, -0.15) is 0 Å². The molecule has 1 aliphatic rings. The number of nitrogens with one attached hydrogen (secondary N) is 1. The maximum absolute atomic E-state index is 12.1. The van der Waals surface area contributed by atoms with Crippen molar-refractivity contribution in [1.82, 2.24) is 5.32 Å². The molecule has 3 rings (SSSR count). The van der Waals surface area contributed by atoms with Gasteiger partial charge < -0.3 is 20.2 Å². The van der Waals surface area contributed by atoms with E-state index in [4.69, 9.17) is 14.9 Å². The van der Waals surface area contributed by atoms with E-state index in [1.54, 1.807) is 24.3 Å². The van der Waals surface area contributed by atoms with Crippen molar-refractivity contribution >= 4 is 16.9 Å². The van der Waals surface area contributed by atoms with Crippen LogP contribution in [0.4, 0.5) is 0 Å². The Morgan fingerprint density at radius 2 is 2.04 bits per heavy atom. The second-order valence-electron chi connectivity index (χ2n) is 6.20. The van der Waals surface area contributed by atoms with Gasteiger partial charge in [-0.25, -0.2) is 4.79 Å². The number of hydrogen-bond acceptors (Lipinski definition) is 5. The lowest BCUT2D eigenvalue weighted by atomic mass is 9.84. The van der Waals surface area contributed by atoms with E-state index in [-0.39, 0.29) is 18.6 Å². The minimum absolute atomic E-state index is 0.0731. The molecule has 0 saturated heterocycles. The van der Waals surface area contributed by atoms with Crippen molar-refractivity contribution in [3.05, 3.63) is 40.8 Å². The predicted octanol–water partition coefficient (Wildman–Crippen LogP) is 1.81. The van der Waals surface area contributed by atoms with Gasteiger partial charge in [-0.05, 0) is 43.5 Å². The molecule has 0 radical (unpaired) electrons. The molecule has 24 heavy (non-hydrogen) atoms. The van der Waals surface area contributed by atoms with Crippen LogP contribution in [0.5, 0.6) is 5.75 Å². The third kappa shape index (κ3) is 3.94. The van der Waals surface area contributed by atoms with E-state index in [9.17, 15) is 9.59 Å². The van der Waals surface area contributed by atoms with Gasteiger partial charge in [-0.3, -0.25) is 4.79 Å². The highest BCUT2D eigenvalue weighted by Crippen LogP contribution is 2.23. The predicted molar refractivity (Wildman–Crippen MR) is 90.9 cm³/mol. The van der Waals surface area contributed by atoms with Crippen LogP contribution in [0, 0.1) is 5.92 Å². The van der Waals surface area contributed by atoms with Crippen LogP contribution >= 0.6 is 0 Å². The molecule has 128 valence electrons.